The minimum atomic E-state index is -3.29. The van der Waals surface area contributed by atoms with Crippen LogP contribution in [0.5, 0.6) is 0 Å². The van der Waals surface area contributed by atoms with Crippen LogP contribution in [0.25, 0.3) is 0 Å². The number of nitrogens with zero attached hydrogens (tertiary/aromatic N) is 1. The quantitative estimate of drug-likeness (QED) is 0.790. The zero-order chi connectivity index (χ0) is 13.6. The Bertz CT molecular complexity index is 362. The Morgan fingerprint density at radius 3 is 2.39 bits per heavy atom. The maximum absolute atomic E-state index is 11.8. The molecule has 1 rings (SSSR count). The minimum Gasteiger partial charge on any atom is -0.352 e. The monoisotopic (exact) mass is 276 g/mol. The summed E-state index contributed by atoms with van der Waals surface area (Å²) in [6.07, 6.45) is 7.42. The Morgan fingerprint density at radius 1 is 1.28 bits per heavy atom. The van der Waals surface area contributed by atoms with Crippen molar-refractivity contribution in [2.45, 2.75) is 51.5 Å². The number of sulfonamides is 1. The topological polar surface area (TPSA) is 66.5 Å². The number of hydrogen-bond acceptors (Lipinski definition) is 3. The van der Waals surface area contributed by atoms with Crippen molar-refractivity contribution < 1.29 is 13.2 Å². The van der Waals surface area contributed by atoms with Gasteiger partial charge in [0.05, 0.1) is 12.8 Å². The van der Waals surface area contributed by atoms with Crippen LogP contribution in [0.3, 0.4) is 0 Å². The normalized spacial score (nSPS) is 17.9. The maximum atomic E-state index is 11.8. The van der Waals surface area contributed by atoms with Crippen molar-refractivity contribution in [3.63, 3.8) is 0 Å². The van der Waals surface area contributed by atoms with Gasteiger partial charge >= 0.3 is 0 Å². The summed E-state index contributed by atoms with van der Waals surface area (Å²) >= 11 is 0. The third kappa shape index (κ3) is 5.35. The van der Waals surface area contributed by atoms with Crippen LogP contribution in [0.15, 0.2) is 0 Å². The van der Waals surface area contributed by atoms with Crippen LogP contribution in [-0.4, -0.2) is 44.0 Å². The van der Waals surface area contributed by atoms with E-state index in [4.69, 9.17) is 0 Å². The molecular formula is C12H24N2O3S. The van der Waals surface area contributed by atoms with E-state index < -0.39 is 10.0 Å². The van der Waals surface area contributed by atoms with Gasteiger partial charge in [-0.2, -0.15) is 4.31 Å². The van der Waals surface area contributed by atoms with Gasteiger partial charge in [0, 0.05) is 12.6 Å². The van der Waals surface area contributed by atoms with Crippen LogP contribution in [0.1, 0.15) is 45.4 Å². The molecule has 5 nitrogen and oxygen atoms in total. The Labute approximate surface area is 110 Å². The van der Waals surface area contributed by atoms with E-state index in [-0.39, 0.29) is 18.5 Å². The molecular weight excluding hydrogens is 252 g/mol. The highest BCUT2D eigenvalue weighted by Crippen LogP contribution is 2.17. The Hall–Kier alpha value is -0.620. The minimum absolute atomic E-state index is 0.0524. The Kier molecular flexibility index (Phi) is 6.08. The van der Waals surface area contributed by atoms with Gasteiger partial charge in [-0.1, -0.05) is 26.2 Å². The highest BCUT2D eigenvalue weighted by atomic mass is 32.2. The van der Waals surface area contributed by atoms with E-state index in [1.807, 2.05) is 6.92 Å². The fraction of sp³-hybridized carbons (Fsp3) is 0.917. The first kappa shape index (κ1) is 15.4. The zero-order valence-corrected chi connectivity index (χ0v) is 12.1. The fourth-order valence-electron chi connectivity index (χ4n) is 2.29. The van der Waals surface area contributed by atoms with E-state index in [0.29, 0.717) is 13.0 Å². The van der Waals surface area contributed by atoms with Crippen LogP contribution in [-0.2, 0) is 14.8 Å². The largest absolute Gasteiger partial charge is 0.352 e. The number of nitrogens with one attached hydrogen (secondary N) is 1. The second-order valence-corrected chi connectivity index (χ2v) is 6.98. The van der Waals surface area contributed by atoms with Gasteiger partial charge in [0.25, 0.3) is 0 Å². The summed E-state index contributed by atoms with van der Waals surface area (Å²) in [5.41, 5.74) is 0. The Balaban J connectivity index is 2.45. The standard InChI is InChI=1S/C12H24N2O3S/c1-3-9-14(18(2,16)17)10-12(15)13-11-7-5-4-6-8-11/h11H,3-10H2,1-2H3,(H,13,15). The first-order chi connectivity index (χ1) is 8.43. The predicted octanol–water partition coefficient (Wildman–Crippen LogP) is 1.11. The van der Waals surface area contributed by atoms with Crippen molar-refractivity contribution in [2.24, 2.45) is 0 Å². The molecule has 0 bridgehead atoms. The molecule has 0 radical (unpaired) electrons. The first-order valence-electron chi connectivity index (χ1n) is 6.68. The van der Waals surface area contributed by atoms with Gasteiger partial charge in [0.1, 0.15) is 0 Å². The molecule has 0 spiro atoms. The van der Waals surface area contributed by atoms with Crippen molar-refractivity contribution in [1.82, 2.24) is 9.62 Å². The van der Waals surface area contributed by atoms with Gasteiger partial charge in [0.2, 0.25) is 15.9 Å². The molecule has 106 valence electrons. The molecule has 1 amide bonds. The van der Waals surface area contributed by atoms with Crippen LogP contribution in [0.4, 0.5) is 0 Å². The molecule has 1 aliphatic carbocycles. The van der Waals surface area contributed by atoms with Gasteiger partial charge < -0.3 is 5.32 Å². The van der Waals surface area contributed by atoms with Gasteiger partial charge in [-0.25, -0.2) is 8.42 Å². The average molecular weight is 276 g/mol. The number of carbonyl (C=O) groups is 1. The van der Waals surface area contributed by atoms with Crippen molar-refractivity contribution in [2.75, 3.05) is 19.3 Å². The van der Waals surface area contributed by atoms with Crippen LogP contribution >= 0.6 is 0 Å². The highest BCUT2D eigenvalue weighted by Gasteiger charge is 2.21. The molecule has 1 N–H and O–H groups in total. The van der Waals surface area contributed by atoms with Gasteiger partial charge in [-0.15, -0.1) is 0 Å². The molecule has 0 aliphatic heterocycles. The number of amides is 1. The zero-order valence-electron chi connectivity index (χ0n) is 11.3. The second kappa shape index (κ2) is 7.09. The lowest BCUT2D eigenvalue weighted by Crippen LogP contribution is -2.44. The predicted molar refractivity (Wildman–Crippen MR) is 71.7 cm³/mol. The van der Waals surface area contributed by atoms with E-state index in [1.54, 1.807) is 0 Å². The molecule has 0 heterocycles. The number of hydrogen-bond donors (Lipinski definition) is 1. The molecule has 6 heteroatoms. The molecule has 0 aromatic heterocycles. The molecule has 0 saturated heterocycles. The molecule has 0 aromatic carbocycles. The van der Waals surface area contributed by atoms with E-state index in [9.17, 15) is 13.2 Å². The SMILES string of the molecule is CCCN(CC(=O)NC1CCCCC1)S(C)(=O)=O. The van der Waals surface area contributed by atoms with Crippen molar-refractivity contribution >= 4 is 15.9 Å². The lowest BCUT2D eigenvalue weighted by molar-refractivity contribution is -0.122. The molecule has 1 fully saturated rings. The van der Waals surface area contributed by atoms with Crippen molar-refractivity contribution in [3.05, 3.63) is 0 Å². The third-order valence-corrected chi connectivity index (χ3v) is 4.48. The van der Waals surface area contributed by atoms with Crippen LogP contribution in [0.2, 0.25) is 0 Å². The fourth-order valence-corrected chi connectivity index (χ4v) is 3.16. The molecule has 1 aliphatic rings. The van der Waals surface area contributed by atoms with E-state index >= 15 is 0 Å². The molecule has 1 saturated carbocycles. The summed E-state index contributed by atoms with van der Waals surface area (Å²) in [4.78, 5) is 11.8. The average Bonchev–Trinajstić information content (AvgIpc) is 2.28. The maximum Gasteiger partial charge on any atom is 0.235 e. The smallest absolute Gasteiger partial charge is 0.235 e. The van der Waals surface area contributed by atoms with Gasteiger partial charge in [0.15, 0.2) is 0 Å². The lowest BCUT2D eigenvalue weighted by atomic mass is 9.95. The van der Waals surface area contributed by atoms with E-state index in [2.05, 4.69) is 5.32 Å². The van der Waals surface area contributed by atoms with Crippen LogP contribution < -0.4 is 5.32 Å². The summed E-state index contributed by atoms with van der Waals surface area (Å²) < 4.78 is 24.2. The van der Waals surface area contributed by atoms with Crippen molar-refractivity contribution in [3.8, 4) is 0 Å². The number of rotatable bonds is 6. The van der Waals surface area contributed by atoms with E-state index in [0.717, 1.165) is 31.9 Å². The molecule has 0 unspecified atom stereocenters. The van der Waals surface area contributed by atoms with Gasteiger partial charge in [-0.05, 0) is 19.3 Å². The molecule has 0 aromatic rings. The van der Waals surface area contributed by atoms with Gasteiger partial charge in [-0.3, -0.25) is 4.79 Å². The Morgan fingerprint density at radius 2 is 1.89 bits per heavy atom. The summed E-state index contributed by atoms with van der Waals surface area (Å²) in [5.74, 6) is -0.180. The lowest BCUT2D eigenvalue weighted by Gasteiger charge is -2.24. The first-order valence-corrected chi connectivity index (χ1v) is 8.52. The highest BCUT2D eigenvalue weighted by molar-refractivity contribution is 7.88. The van der Waals surface area contributed by atoms with E-state index in [1.165, 1.54) is 10.7 Å². The van der Waals surface area contributed by atoms with Crippen molar-refractivity contribution in [1.29, 1.82) is 0 Å². The van der Waals surface area contributed by atoms with Crippen LogP contribution in [0, 0.1) is 0 Å². The third-order valence-electron chi connectivity index (χ3n) is 3.23. The molecule has 0 atom stereocenters. The second-order valence-electron chi connectivity index (χ2n) is 5.00. The number of carbonyl (C=O) groups excluding carboxylic acids is 1. The summed E-state index contributed by atoms with van der Waals surface area (Å²) in [6.45, 7) is 2.25. The summed E-state index contributed by atoms with van der Waals surface area (Å²) in [6, 6.07) is 0.231. The summed E-state index contributed by atoms with van der Waals surface area (Å²) in [7, 11) is -3.29. The summed E-state index contributed by atoms with van der Waals surface area (Å²) in [5, 5.41) is 2.93. The molecule has 18 heavy (non-hydrogen) atoms.